The first kappa shape index (κ1) is 22.5. The summed E-state index contributed by atoms with van der Waals surface area (Å²) in [7, 11) is 0. The Bertz CT molecular complexity index is 750. The second-order valence-electron chi connectivity index (χ2n) is 6.96. The molecule has 5 heteroatoms. The van der Waals surface area contributed by atoms with Crippen molar-refractivity contribution in [2.75, 3.05) is 13.2 Å². The first-order valence-electron chi connectivity index (χ1n) is 10.3. The molecule has 2 aromatic rings. The minimum absolute atomic E-state index is 0.109. The minimum atomic E-state index is -0.389. The Morgan fingerprint density at radius 2 is 1.41 bits per heavy atom. The summed E-state index contributed by atoms with van der Waals surface area (Å²) in [6.07, 6.45) is 5.16. The van der Waals surface area contributed by atoms with Crippen molar-refractivity contribution in [1.82, 2.24) is 0 Å². The lowest BCUT2D eigenvalue weighted by atomic mass is 10.2. The number of aryl methyl sites for hydroxylation is 1. The molecule has 0 bridgehead atoms. The second kappa shape index (κ2) is 12.6. The fourth-order valence-electron chi connectivity index (χ4n) is 2.67. The Morgan fingerprint density at radius 3 is 2.07 bits per heavy atom. The Morgan fingerprint density at radius 1 is 0.793 bits per heavy atom. The maximum atomic E-state index is 12.2. The van der Waals surface area contributed by atoms with Gasteiger partial charge in [-0.1, -0.05) is 24.6 Å². The summed E-state index contributed by atoms with van der Waals surface area (Å²) >= 11 is 0. The van der Waals surface area contributed by atoms with E-state index in [1.54, 1.807) is 36.4 Å². The molecule has 0 aliphatic rings. The molecule has 0 fully saturated rings. The van der Waals surface area contributed by atoms with E-state index in [1.807, 2.05) is 26.0 Å². The van der Waals surface area contributed by atoms with E-state index in [-0.39, 0.29) is 11.9 Å². The predicted molar refractivity (Wildman–Crippen MR) is 112 cm³/mol. The number of rotatable bonds is 12. The average molecular weight is 398 g/mol. The molecule has 0 amide bonds. The molecule has 0 aliphatic carbocycles. The zero-order chi connectivity index (χ0) is 20.9. The highest BCUT2D eigenvalue weighted by atomic mass is 16.5. The molecule has 0 radical (unpaired) electrons. The first-order valence-corrected chi connectivity index (χ1v) is 10.3. The second-order valence-corrected chi connectivity index (χ2v) is 6.96. The Balaban J connectivity index is 1.60. The third-order valence-electron chi connectivity index (χ3n) is 4.35. The van der Waals surface area contributed by atoms with E-state index in [9.17, 15) is 9.59 Å². The van der Waals surface area contributed by atoms with Crippen LogP contribution in [0.25, 0.3) is 0 Å². The first-order chi connectivity index (χ1) is 14.1. The Kier molecular flexibility index (Phi) is 9.76. The highest BCUT2D eigenvalue weighted by Gasteiger charge is 2.08. The number of hydrogen-bond donors (Lipinski definition) is 0. The van der Waals surface area contributed by atoms with Crippen LogP contribution in [0, 0.1) is 6.92 Å². The maximum absolute atomic E-state index is 12.2. The van der Waals surface area contributed by atoms with E-state index in [0.29, 0.717) is 30.9 Å². The van der Waals surface area contributed by atoms with Gasteiger partial charge in [-0.25, -0.2) is 4.79 Å². The Hall–Kier alpha value is -2.82. The smallest absolute Gasteiger partial charge is 0.343 e. The minimum Gasteiger partial charge on any atom is -0.494 e. The lowest BCUT2D eigenvalue weighted by Gasteiger charge is -2.08. The van der Waals surface area contributed by atoms with Crippen molar-refractivity contribution < 1.29 is 23.8 Å². The van der Waals surface area contributed by atoms with Crippen molar-refractivity contribution in [3.05, 3.63) is 59.7 Å². The van der Waals surface area contributed by atoms with Crippen LogP contribution >= 0.6 is 0 Å². The lowest BCUT2D eigenvalue weighted by molar-refractivity contribution is -0.143. The number of esters is 2. The van der Waals surface area contributed by atoms with Crippen LogP contribution in [-0.2, 0) is 9.53 Å². The fraction of sp³-hybridized carbons (Fsp3) is 0.417. The van der Waals surface area contributed by atoms with Gasteiger partial charge in [0.15, 0.2) is 0 Å². The molecule has 0 unspecified atom stereocenters. The highest BCUT2D eigenvalue weighted by molar-refractivity contribution is 5.91. The third-order valence-corrected chi connectivity index (χ3v) is 4.35. The largest absolute Gasteiger partial charge is 0.494 e. The van der Waals surface area contributed by atoms with Crippen molar-refractivity contribution in [3.63, 3.8) is 0 Å². The van der Waals surface area contributed by atoms with Gasteiger partial charge in [-0.3, -0.25) is 4.79 Å². The van der Waals surface area contributed by atoms with Gasteiger partial charge in [0.25, 0.3) is 0 Å². The standard InChI is InChI=1S/C24H30O5/c1-3-8-23(25)28-18-7-5-4-6-17-27-21-15-11-20(12-16-21)24(26)29-22-13-9-19(2)10-14-22/h9-16H,3-8,17-18H2,1-2H3. The molecule has 5 nitrogen and oxygen atoms in total. The molecular formula is C24H30O5. The molecule has 0 saturated carbocycles. The van der Waals surface area contributed by atoms with Gasteiger partial charge in [-0.2, -0.15) is 0 Å². The topological polar surface area (TPSA) is 61.8 Å². The van der Waals surface area contributed by atoms with E-state index in [4.69, 9.17) is 14.2 Å². The summed E-state index contributed by atoms with van der Waals surface area (Å²) < 4.78 is 16.2. The van der Waals surface area contributed by atoms with Crippen molar-refractivity contribution in [1.29, 1.82) is 0 Å². The van der Waals surface area contributed by atoms with E-state index in [1.165, 1.54) is 0 Å². The normalized spacial score (nSPS) is 10.4. The van der Waals surface area contributed by atoms with Crippen molar-refractivity contribution in [2.45, 2.75) is 52.4 Å². The summed E-state index contributed by atoms with van der Waals surface area (Å²) in [5, 5.41) is 0. The van der Waals surface area contributed by atoms with Crippen LogP contribution in [0.15, 0.2) is 48.5 Å². The number of ether oxygens (including phenoxy) is 3. The van der Waals surface area contributed by atoms with Crippen LogP contribution in [0.1, 0.15) is 61.4 Å². The van der Waals surface area contributed by atoms with Gasteiger partial charge >= 0.3 is 11.9 Å². The average Bonchev–Trinajstić information content (AvgIpc) is 2.72. The summed E-state index contributed by atoms with van der Waals surface area (Å²) in [5.74, 6) is 0.758. The van der Waals surface area contributed by atoms with Gasteiger partial charge < -0.3 is 14.2 Å². The molecule has 0 aromatic heterocycles. The molecule has 0 aliphatic heterocycles. The lowest BCUT2D eigenvalue weighted by Crippen LogP contribution is -2.08. The summed E-state index contributed by atoms with van der Waals surface area (Å²) in [4.78, 5) is 23.4. The van der Waals surface area contributed by atoms with E-state index in [2.05, 4.69) is 0 Å². The number of carbonyl (C=O) groups is 2. The van der Waals surface area contributed by atoms with Crippen LogP contribution in [-0.4, -0.2) is 25.2 Å². The number of benzene rings is 2. The van der Waals surface area contributed by atoms with Crippen LogP contribution in [0.5, 0.6) is 11.5 Å². The quantitative estimate of drug-likeness (QED) is 0.268. The molecule has 2 aromatic carbocycles. The monoisotopic (exact) mass is 398 g/mol. The molecule has 0 N–H and O–H groups in total. The van der Waals surface area contributed by atoms with Crippen molar-refractivity contribution in [2.24, 2.45) is 0 Å². The van der Waals surface area contributed by atoms with Crippen molar-refractivity contribution in [3.8, 4) is 11.5 Å². The zero-order valence-corrected chi connectivity index (χ0v) is 17.3. The molecule has 0 atom stereocenters. The molecule has 2 rings (SSSR count). The summed E-state index contributed by atoms with van der Waals surface area (Å²) in [6, 6.07) is 14.3. The third kappa shape index (κ3) is 8.81. The van der Waals surface area contributed by atoms with E-state index in [0.717, 1.165) is 43.4 Å². The summed E-state index contributed by atoms with van der Waals surface area (Å²) in [6.45, 7) is 5.06. The van der Waals surface area contributed by atoms with E-state index < -0.39 is 0 Å². The number of hydrogen-bond acceptors (Lipinski definition) is 5. The van der Waals surface area contributed by atoms with Gasteiger partial charge in [0.2, 0.25) is 0 Å². The van der Waals surface area contributed by atoms with Crippen LogP contribution in [0.4, 0.5) is 0 Å². The molecule has 0 saturated heterocycles. The van der Waals surface area contributed by atoms with Crippen molar-refractivity contribution >= 4 is 11.9 Å². The van der Waals surface area contributed by atoms with E-state index >= 15 is 0 Å². The van der Waals surface area contributed by atoms with Gasteiger partial charge in [0.05, 0.1) is 18.8 Å². The van der Waals surface area contributed by atoms with Gasteiger partial charge in [0, 0.05) is 6.42 Å². The number of unbranched alkanes of at least 4 members (excludes halogenated alkanes) is 3. The van der Waals surface area contributed by atoms with Crippen LogP contribution in [0.2, 0.25) is 0 Å². The maximum Gasteiger partial charge on any atom is 0.343 e. The molecule has 0 heterocycles. The SMILES string of the molecule is CCCC(=O)OCCCCCCOc1ccc(C(=O)Oc2ccc(C)cc2)cc1. The van der Waals surface area contributed by atoms with Gasteiger partial charge in [-0.15, -0.1) is 0 Å². The fourth-order valence-corrected chi connectivity index (χ4v) is 2.67. The van der Waals surface area contributed by atoms with Gasteiger partial charge in [0.1, 0.15) is 11.5 Å². The molecule has 156 valence electrons. The zero-order valence-electron chi connectivity index (χ0n) is 17.3. The Labute approximate surface area is 173 Å². The number of carbonyl (C=O) groups excluding carboxylic acids is 2. The summed E-state index contributed by atoms with van der Waals surface area (Å²) in [5.41, 5.74) is 1.59. The molecule has 29 heavy (non-hydrogen) atoms. The molecule has 0 spiro atoms. The van der Waals surface area contributed by atoms with Crippen LogP contribution in [0.3, 0.4) is 0 Å². The predicted octanol–water partition coefficient (Wildman–Crippen LogP) is 5.50. The molecular weight excluding hydrogens is 368 g/mol. The van der Waals surface area contributed by atoms with Crippen LogP contribution < -0.4 is 9.47 Å². The van der Waals surface area contributed by atoms with Gasteiger partial charge in [-0.05, 0) is 75.4 Å². The highest BCUT2D eigenvalue weighted by Crippen LogP contribution is 2.17.